The fraction of sp³-hybridized carbons (Fsp3) is 0.500. The number of nitrogens with zero attached hydrogens (tertiary/aromatic N) is 2. The summed E-state index contributed by atoms with van der Waals surface area (Å²) in [5.41, 5.74) is 1.62. The van der Waals surface area contributed by atoms with E-state index in [0.717, 1.165) is 29.2 Å². The zero-order valence-electron chi connectivity index (χ0n) is 11.5. The highest BCUT2D eigenvalue weighted by Gasteiger charge is 2.21. The molecule has 0 amide bonds. The second kappa shape index (κ2) is 6.69. The van der Waals surface area contributed by atoms with E-state index < -0.39 is 0 Å². The summed E-state index contributed by atoms with van der Waals surface area (Å²) in [6.07, 6.45) is 0. The van der Waals surface area contributed by atoms with Gasteiger partial charge >= 0.3 is 0 Å². The van der Waals surface area contributed by atoms with Gasteiger partial charge in [-0.25, -0.2) is 9.37 Å². The van der Waals surface area contributed by atoms with E-state index in [1.807, 2.05) is 30.4 Å². The summed E-state index contributed by atoms with van der Waals surface area (Å²) in [5, 5.41) is 0.336. The maximum absolute atomic E-state index is 13.9. The Balaban J connectivity index is 2.04. The molecular weight excluding hydrogens is 395 g/mol. The van der Waals surface area contributed by atoms with E-state index in [-0.39, 0.29) is 11.2 Å². The van der Waals surface area contributed by atoms with Gasteiger partial charge in [-0.05, 0) is 28.9 Å². The predicted octanol–water partition coefficient (Wildman–Crippen LogP) is 5.09. The van der Waals surface area contributed by atoms with Crippen molar-refractivity contribution in [2.45, 2.75) is 24.1 Å². The van der Waals surface area contributed by atoms with Crippen LogP contribution in [0.4, 0.5) is 4.39 Å². The standard InChI is InChI=1S/C14H15BrClFN2S2/c1-8(16)14-18-12-4-10(15)11(17)5-13(12)19(14)6-9-7-20-2-3-21-9/h4-5,8-9H,2-3,6-7H2,1H3. The van der Waals surface area contributed by atoms with Crippen molar-refractivity contribution in [3.63, 3.8) is 0 Å². The van der Waals surface area contributed by atoms with Gasteiger partial charge in [0.1, 0.15) is 11.6 Å². The molecule has 2 aromatic rings. The molecule has 3 rings (SSSR count). The van der Waals surface area contributed by atoms with Gasteiger partial charge in [-0.2, -0.15) is 23.5 Å². The van der Waals surface area contributed by atoms with E-state index in [1.54, 1.807) is 12.1 Å². The normalized spacial score (nSPS) is 20.9. The molecule has 0 radical (unpaired) electrons. The van der Waals surface area contributed by atoms with E-state index in [9.17, 15) is 4.39 Å². The molecule has 1 aliphatic heterocycles. The van der Waals surface area contributed by atoms with E-state index in [0.29, 0.717) is 9.72 Å². The number of hydrogen-bond donors (Lipinski definition) is 0. The Labute approximate surface area is 145 Å². The summed E-state index contributed by atoms with van der Waals surface area (Å²) in [7, 11) is 0. The first-order chi connectivity index (χ1) is 10.1. The first kappa shape index (κ1) is 16.0. The molecule has 0 bridgehead atoms. The maximum Gasteiger partial charge on any atom is 0.139 e. The summed E-state index contributed by atoms with van der Waals surface area (Å²) < 4.78 is 16.4. The first-order valence-corrected chi connectivity index (χ1v) is 10.2. The van der Waals surface area contributed by atoms with Gasteiger partial charge in [-0.15, -0.1) is 11.6 Å². The number of alkyl halides is 1. The van der Waals surface area contributed by atoms with Gasteiger partial charge in [0.15, 0.2) is 0 Å². The van der Waals surface area contributed by atoms with Crippen molar-refractivity contribution in [2.75, 3.05) is 17.3 Å². The summed E-state index contributed by atoms with van der Waals surface area (Å²) >= 11 is 13.5. The molecule has 21 heavy (non-hydrogen) atoms. The van der Waals surface area contributed by atoms with Crippen LogP contribution in [0.3, 0.4) is 0 Å². The van der Waals surface area contributed by atoms with Gasteiger partial charge in [-0.1, -0.05) is 0 Å². The van der Waals surface area contributed by atoms with Gasteiger partial charge in [0.25, 0.3) is 0 Å². The maximum atomic E-state index is 13.9. The highest BCUT2D eigenvalue weighted by molar-refractivity contribution is 9.10. The smallest absolute Gasteiger partial charge is 0.139 e. The molecule has 0 spiro atoms. The molecule has 2 nitrogen and oxygen atoms in total. The lowest BCUT2D eigenvalue weighted by molar-refractivity contribution is 0.619. The molecular formula is C14H15BrClFN2S2. The molecule has 114 valence electrons. The third-order valence-corrected chi connectivity index (χ3v) is 7.08. The minimum atomic E-state index is -0.261. The van der Waals surface area contributed by atoms with Crippen molar-refractivity contribution in [3.05, 3.63) is 28.2 Å². The van der Waals surface area contributed by atoms with Crippen LogP contribution in [0.2, 0.25) is 0 Å². The molecule has 1 fully saturated rings. The fourth-order valence-corrected chi connectivity index (χ4v) is 5.63. The van der Waals surface area contributed by atoms with Crippen molar-refractivity contribution in [2.24, 2.45) is 0 Å². The van der Waals surface area contributed by atoms with Crippen LogP contribution in [0, 0.1) is 5.82 Å². The third kappa shape index (κ3) is 3.38. The average molecular weight is 410 g/mol. The van der Waals surface area contributed by atoms with Crippen LogP contribution in [0.25, 0.3) is 11.0 Å². The van der Waals surface area contributed by atoms with Crippen molar-refractivity contribution in [1.82, 2.24) is 9.55 Å². The lowest BCUT2D eigenvalue weighted by Gasteiger charge is -2.23. The van der Waals surface area contributed by atoms with Gasteiger partial charge < -0.3 is 4.57 Å². The average Bonchev–Trinajstić information content (AvgIpc) is 2.79. The zero-order valence-corrected chi connectivity index (χ0v) is 15.5. The van der Waals surface area contributed by atoms with Gasteiger partial charge in [0.05, 0.1) is 20.9 Å². The Morgan fingerprint density at radius 3 is 3.00 bits per heavy atom. The van der Waals surface area contributed by atoms with Crippen LogP contribution in [0.1, 0.15) is 18.1 Å². The van der Waals surface area contributed by atoms with Crippen molar-refractivity contribution in [1.29, 1.82) is 0 Å². The van der Waals surface area contributed by atoms with Gasteiger partial charge in [0.2, 0.25) is 0 Å². The lowest BCUT2D eigenvalue weighted by atomic mass is 10.3. The van der Waals surface area contributed by atoms with Crippen molar-refractivity contribution >= 4 is 62.1 Å². The lowest BCUT2D eigenvalue weighted by Crippen LogP contribution is -2.21. The van der Waals surface area contributed by atoms with Crippen LogP contribution < -0.4 is 0 Å². The fourth-order valence-electron chi connectivity index (χ4n) is 2.48. The highest BCUT2D eigenvalue weighted by Crippen LogP contribution is 2.31. The summed E-state index contributed by atoms with van der Waals surface area (Å²) in [5.74, 6) is 4.07. The Hall–Kier alpha value is 0.0900. The minimum Gasteiger partial charge on any atom is -0.326 e. The van der Waals surface area contributed by atoms with E-state index in [4.69, 9.17) is 11.6 Å². The molecule has 1 aromatic carbocycles. The summed E-state index contributed by atoms with van der Waals surface area (Å²) in [4.78, 5) is 4.60. The second-order valence-corrected chi connectivity index (χ2v) is 9.09. The van der Waals surface area contributed by atoms with E-state index in [1.165, 1.54) is 11.5 Å². The van der Waals surface area contributed by atoms with Crippen LogP contribution in [-0.2, 0) is 6.54 Å². The van der Waals surface area contributed by atoms with Crippen LogP contribution in [0.5, 0.6) is 0 Å². The van der Waals surface area contributed by atoms with Crippen LogP contribution in [-0.4, -0.2) is 32.1 Å². The van der Waals surface area contributed by atoms with Crippen molar-refractivity contribution < 1.29 is 4.39 Å². The molecule has 2 atom stereocenters. The number of hydrogen-bond acceptors (Lipinski definition) is 3. The van der Waals surface area contributed by atoms with Crippen LogP contribution >= 0.6 is 51.1 Å². The number of aromatic nitrogens is 2. The summed E-state index contributed by atoms with van der Waals surface area (Å²) in [6, 6.07) is 3.28. The number of fused-ring (bicyclic) bond motifs is 1. The molecule has 2 heterocycles. The highest BCUT2D eigenvalue weighted by atomic mass is 79.9. The van der Waals surface area contributed by atoms with Gasteiger partial charge in [0, 0.05) is 35.1 Å². The zero-order chi connectivity index (χ0) is 15.0. The SMILES string of the molecule is CC(Cl)c1nc2cc(Br)c(F)cc2n1CC1CSCCS1. The number of halogens is 3. The first-order valence-electron chi connectivity index (χ1n) is 6.75. The van der Waals surface area contributed by atoms with Crippen molar-refractivity contribution in [3.8, 4) is 0 Å². The van der Waals surface area contributed by atoms with E-state index >= 15 is 0 Å². The predicted molar refractivity (Wildman–Crippen MR) is 95.2 cm³/mol. The monoisotopic (exact) mass is 408 g/mol. The Bertz CT molecular complexity index is 656. The molecule has 0 N–H and O–H groups in total. The largest absolute Gasteiger partial charge is 0.326 e. The number of benzene rings is 1. The second-order valence-electron chi connectivity index (χ2n) is 5.02. The molecule has 1 aromatic heterocycles. The Morgan fingerprint density at radius 2 is 2.33 bits per heavy atom. The molecule has 0 saturated carbocycles. The number of imidazole rings is 1. The minimum absolute atomic E-state index is 0.194. The molecule has 1 saturated heterocycles. The summed E-state index contributed by atoms with van der Waals surface area (Å²) in [6.45, 7) is 2.75. The molecule has 2 unspecified atom stereocenters. The van der Waals surface area contributed by atoms with Gasteiger partial charge in [-0.3, -0.25) is 0 Å². The molecule has 7 heteroatoms. The Morgan fingerprint density at radius 1 is 1.52 bits per heavy atom. The third-order valence-electron chi connectivity index (χ3n) is 3.45. The Kier molecular flexibility index (Phi) is 5.08. The topological polar surface area (TPSA) is 17.8 Å². The number of rotatable bonds is 3. The molecule has 1 aliphatic rings. The van der Waals surface area contributed by atoms with E-state index in [2.05, 4.69) is 25.5 Å². The number of thioether (sulfide) groups is 2. The van der Waals surface area contributed by atoms with Crippen LogP contribution in [0.15, 0.2) is 16.6 Å². The molecule has 0 aliphatic carbocycles. The quantitative estimate of drug-likeness (QED) is 0.658.